The molecule has 0 aliphatic carbocycles. The van der Waals surface area contributed by atoms with E-state index in [1.165, 1.54) is 5.69 Å². The topological polar surface area (TPSA) is 144 Å². The van der Waals surface area contributed by atoms with Crippen LogP contribution in [0.15, 0.2) is 53.7 Å². The van der Waals surface area contributed by atoms with Gasteiger partial charge in [0.15, 0.2) is 5.65 Å². The van der Waals surface area contributed by atoms with Crippen molar-refractivity contribution in [1.82, 2.24) is 29.1 Å². The number of methoxy groups -OCH3 is 1. The minimum atomic E-state index is -3.59. The predicted octanol–water partition coefficient (Wildman–Crippen LogP) is 4.93. The molecule has 6 rings (SSSR count). The third-order valence-corrected chi connectivity index (χ3v) is 8.44. The van der Waals surface area contributed by atoms with Crippen molar-refractivity contribution in [3.05, 3.63) is 59.3 Å². The van der Waals surface area contributed by atoms with E-state index in [9.17, 15) is 8.42 Å². The third kappa shape index (κ3) is 5.57. The number of ether oxygens (including phenoxy) is 1. The number of pyridine rings is 1. The molecule has 0 fully saturated rings. The lowest BCUT2D eigenvalue weighted by molar-refractivity contribution is 0.416. The van der Waals surface area contributed by atoms with E-state index >= 15 is 0 Å². The molecule has 13 nitrogen and oxygen atoms in total. The molecule has 1 aliphatic heterocycles. The first-order valence-corrected chi connectivity index (χ1v) is 16.2. The summed E-state index contributed by atoms with van der Waals surface area (Å²) >= 11 is 3.51. The minimum Gasteiger partial charge on any atom is -0.494 e. The standard InChI is InChI=1S/C28H31BrN10O3S/c1-16(2)39-10-7-22-18(14-32-37(22)3)17-12-21(24(42-4)13-23(17)39)34-28-31-15-19(29)26(35-28)33-20-6-9-38-11-8-30-27(38)25(20)36-43(5,40)41/h6,8-9,11-16,36H,7,10H2,1-5H3,(H2,31,33,34,35). The van der Waals surface area contributed by atoms with Crippen LogP contribution >= 0.6 is 15.9 Å². The zero-order chi connectivity index (χ0) is 30.5. The van der Waals surface area contributed by atoms with Crippen molar-refractivity contribution in [1.29, 1.82) is 0 Å². The average Bonchev–Trinajstić information content (AvgIpc) is 3.54. The van der Waals surface area contributed by atoms with Crippen LogP contribution in [0, 0.1) is 0 Å². The van der Waals surface area contributed by atoms with Crippen LogP contribution in [-0.2, 0) is 23.5 Å². The molecule has 224 valence electrons. The molecule has 5 aromatic rings. The number of imidazole rings is 1. The van der Waals surface area contributed by atoms with E-state index in [0.717, 1.165) is 36.0 Å². The first kappa shape index (κ1) is 28.7. The van der Waals surface area contributed by atoms with Crippen molar-refractivity contribution in [2.45, 2.75) is 26.3 Å². The summed E-state index contributed by atoms with van der Waals surface area (Å²) in [6.07, 6.45) is 10.6. The van der Waals surface area contributed by atoms with Crippen molar-refractivity contribution < 1.29 is 13.2 Å². The van der Waals surface area contributed by atoms with Crippen LogP contribution in [0.1, 0.15) is 19.5 Å². The van der Waals surface area contributed by atoms with Gasteiger partial charge in [0.1, 0.15) is 17.3 Å². The number of aryl methyl sites for hydroxylation is 1. The van der Waals surface area contributed by atoms with Gasteiger partial charge in [0.25, 0.3) is 0 Å². The number of fused-ring (bicyclic) bond motifs is 4. The van der Waals surface area contributed by atoms with Gasteiger partial charge in [-0.15, -0.1) is 0 Å². The van der Waals surface area contributed by atoms with Crippen LogP contribution in [-0.4, -0.2) is 63.5 Å². The van der Waals surface area contributed by atoms with E-state index in [2.05, 4.69) is 65.1 Å². The molecule has 1 aromatic carbocycles. The Morgan fingerprint density at radius 2 is 1.88 bits per heavy atom. The molecule has 3 N–H and O–H groups in total. The number of anilines is 6. The zero-order valence-corrected chi connectivity index (χ0v) is 26.7. The van der Waals surface area contributed by atoms with Crippen LogP contribution in [0.5, 0.6) is 5.75 Å². The Kier molecular flexibility index (Phi) is 7.38. The minimum absolute atomic E-state index is 0.288. The number of benzene rings is 1. The fourth-order valence-corrected chi connectivity index (χ4v) is 6.16. The lowest BCUT2D eigenvalue weighted by Crippen LogP contribution is -2.32. The molecule has 0 saturated carbocycles. The van der Waals surface area contributed by atoms with Gasteiger partial charge in [-0.1, -0.05) is 0 Å². The highest BCUT2D eigenvalue weighted by atomic mass is 79.9. The summed E-state index contributed by atoms with van der Waals surface area (Å²) in [5.74, 6) is 1.37. The third-order valence-electron chi connectivity index (χ3n) is 7.29. The summed E-state index contributed by atoms with van der Waals surface area (Å²) in [6, 6.07) is 6.12. The Hall–Kier alpha value is -4.37. The van der Waals surface area contributed by atoms with Gasteiger partial charge < -0.3 is 24.7 Å². The van der Waals surface area contributed by atoms with E-state index < -0.39 is 10.0 Å². The summed E-state index contributed by atoms with van der Waals surface area (Å²) < 4.78 is 37.0. The number of sulfonamides is 1. The van der Waals surface area contributed by atoms with E-state index in [1.54, 1.807) is 42.4 Å². The van der Waals surface area contributed by atoms with Gasteiger partial charge in [0.05, 0.1) is 35.4 Å². The van der Waals surface area contributed by atoms with Crippen LogP contribution in [0.3, 0.4) is 0 Å². The molecular weight excluding hydrogens is 636 g/mol. The molecule has 0 unspecified atom stereocenters. The Balaban J connectivity index is 1.39. The van der Waals surface area contributed by atoms with Gasteiger partial charge >= 0.3 is 0 Å². The van der Waals surface area contributed by atoms with E-state index in [4.69, 9.17) is 9.72 Å². The summed E-state index contributed by atoms with van der Waals surface area (Å²) in [5, 5.41) is 11.1. The molecule has 15 heteroatoms. The summed E-state index contributed by atoms with van der Waals surface area (Å²) in [5.41, 5.74) is 6.25. The Bertz CT molecular complexity index is 1950. The van der Waals surface area contributed by atoms with Gasteiger partial charge in [-0.25, -0.2) is 18.4 Å². The number of halogens is 1. The van der Waals surface area contributed by atoms with Gasteiger partial charge in [-0.2, -0.15) is 10.1 Å². The molecule has 1 aliphatic rings. The fraction of sp³-hybridized carbons (Fsp3) is 0.286. The number of hydrogen-bond donors (Lipinski definition) is 3. The molecule has 4 aromatic heterocycles. The molecule has 5 heterocycles. The SMILES string of the molecule is COc1cc2c(cc1Nc1ncc(Br)c(Nc3ccn4ccnc4c3NS(C)(=O)=O)n1)-c1cnn(C)c1CCN2C(C)C. The van der Waals surface area contributed by atoms with Gasteiger partial charge in [-0.05, 0) is 41.9 Å². The van der Waals surface area contributed by atoms with Gasteiger partial charge in [0.2, 0.25) is 16.0 Å². The molecule has 0 radical (unpaired) electrons. The van der Waals surface area contributed by atoms with Crippen molar-refractivity contribution in [3.8, 4) is 16.9 Å². The normalized spacial score (nSPS) is 13.0. The van der Waals surface area contributed by atoms with Crippen molar-refractivity contribution in [2.24, 2.45) is 7.05 Å². The fourth-order valence-electron chi connectivity index (χ4n) is 5.30. The molecule has 0 spiro atoms. The number of nitrogens with one attached hydrogen (secondary N) is 3. The van der Waals surface area contributed by atoms with E-state index in [1.807, 2.05) is 30.1 Å². The van der Waals surface area contributed by atoms with E-state index in [0.29, 0.717) is 44.7 Å². The predicted molar refractivity (Wildman–Crippen MR) is 171 cm³/mol. The number of nitrogens with zero attached hydrogens (tertiary/aromatic N) is 7. The van der Waals surface area contributed by atoms with Gasteiger partial charge in [0, 0.05) is 79.4 Å². The Morgan fingerprint density at radius 3 is 2.63 bits per heavy atom. The second-order valence-electron chi connectivity index (χ2n) is 10.5. The Morgan fingerprint density at radius 1 is 1.07 bits per heavy atom. The maximum atomic E-state index is 12.2. The number of hydrogen-bond acceptors (Lipinski definition) is 10. The molecule has 43 heavy (non-hydrogen) atoms. The Labute approximate surface area is 257 Å². The maximum Gasteiger partial charge on any atom is 0.230 e. The highest BCUT2D eigenvalue weighted by Gasteiger charge is 2.26. The quantitative estimate of drug-likeness (QED) is 0.209. The van der Waals surface area contributed by atoms with Crippen molar-refractivity contribution in [2.75, 3.05) is 40.2 Å². The summed E-state index contributed by atoms with van der Waals surface area (Å²) in [4.78, 5) is 15.9. The van der Waals surface area contributed by atoms with Crippen LogP contribution in [0.2, 0.25) is 0 Å². The average molecular weight is 668 g/mol. The lowest BCUT2D eigenvalue weighted by atomic mass is 10.0. The second kappa shape index (κ2) is 11.0. The van der Waals surface area contributed by atoms with E-state index in [-0.39, 0.29) is 6.04 Å². The number of rotatable bonds is 8. The molecule has 0 amide bonds. The first-order valence-electron chi connectivity index (χ1n) is 13.5. The highest BCUT2D eigenvalue weighted by Crippen LogP contribution is 2.44. The monoisotopic (exact) mass is 666 g/mol. The zero-order valence-electron chi connectivity index (χ0n) is 24.3. The maximum absolute atomic E-state index is 12.2. The second-order valence-corrected chi connectivity index (χ2v) is 13.1. The number of aromatic nitrogens is 6. The molecular formula is C28H31BrN10O3S. The van der Waals surface area contributed by atoms with Gasteiger partial charge in [-0.3, -0.25) is 9.40 Å². The molecule has 0 bridgehead atoms. The van der Waals surface area contributed by atoms with Crippen LogP contribution < -0.4 is 25.0 Å². The molecule has 0 saturated heterocycles. The lowest BCUT2D eigenvalue weighted by Gasteiger charge is -2.30. The van der Waals surface area contributed by atoms with Crippen LogP contribution in [0.25, 0.3) is 16.8 Å². The first-order chi connectivity index (χ1) is 20.5. The molecule has 0 atom stereocenters. The summed E-state index contributed by atoms with van der Waals surface area (Å²) in [7, 11) is 0.0142. The largest absolute Gasteiger partial charge is 0.494 e. The van der Waals surface area contributed by atoms with Crippen molar-refractivity contribution in [3.63, 3.8) is 0 Å². The van der Waals surface area contributed by atoms with Crippen molar-refractivity contribution >= 4 is 66.1 Å². The smallest absolute Gasteiger partial charge is 0.230 e. The van der Waals surface area contributed by atoms with Crippen LogP contribution in [0.4, 0.5) is 34.5 Å². The summed E-state index contributed by atoms with van der Waals surface area (Å²) in [6.45, 7) is 5.22. The highest BCUT2D eigenvalue weighted by molar-refractivity contribution is 9.10.